The van der Waals surface area contributed by atoms with Gasteiger partial charge >= 0.3 is 5.97 Å². The minimum Gasteiger partial charge on any atom is -0.455 e. The van der Waals surface area contributed by atoms with Crippen LogP contribution in [0.1, 0.15) is 32.6 Å². The molecule has 104 valence electrons. The average molecular weight is 264 g/mol. The zero-order valence-corrected chi connectivity index (χ0v) is 11.1. The minimum atomic E-state index is -0.937. The van der Waals surface area contributed by atoms with Crippen LogP contribution in [0.15, 0.2) is 24.3 Å². The fraction of sp³-hybridized carbons (Fsp3) is 0.667. The highest BCUT2D eigenvalue weighted by Gasteiger charge is 2.58. The molecule has 0 bridgehead atoms. The SMILES string of the molecule is C=C1C[C@@]2(C[C@@H](O)C[C@](C)(O)[C@H]3CC=C[C@@H]32)OC1=O. The Labute approximate surface area is 112 Å². The topological polar surface area (TPSA) is 66.8 Å². The Morgan fingerprint density at radius 1 is 1.47 bits per heavy atom. The van der Waals surface area contributed by atoms with E-state index in [0.29, 0.717) is 24.8 Å². The number of carbonyl (C=O) groups excluding carboxylic acids is 1. The number of aliphatic hydroxyl groups is 2. The van der Waals surface area contributed by atoms with Crippen LogP contribution in [0.2, 0.25) is 0 Å². The highest BCUT2D eigenvalue weighted by molar-refractivity contribution is 5.90. The third kappa shape index (κ3) is 1.85. The summed E-state index contributed by atoms with van der Waals surface area (Å²) in [6.45, 7) is 5.52. The first-order valence-corrected chi connectivity index (χ1v) is 6.82. The molecule has 2 N–H and O–H groups in total. The average Bonchev–Trinajstić information content (AvgIpc) is 2.83. The van der Waals surface area contributed by atoms with Crippen molar-refractivity contribution in [2.24, 2.45) is 11.8 Å². The van der Waals surface area contributed by atoms with Crippen LogP contribution in [-0.4, -0.2) is 33.5 Å². The van der Waals surface area contributed by atoms with E-state index in [2.05, 4.69) is 6.58 Å². The van der Waals surface area contributed by atoms with Gasteiger partial charge in [0.15, 0.2) is 0 Å². The summed E-state index contributed by atoms with van der Waals surface area (Å²) in [5.74, 6) is -0.418. The maximum atomic E-state index is 11.7. The molecular weight excluding hydrogens is 244 g/mol. The number of ether oxygens (including phenoxy) is 1. The molecule has 1 saturated heterocycles. The Balaban J connectivity index is 2.02. The number of allylic oxidation sites excluding steroid dienone is 1. The van der Waals surface area contributed by atoms with Gasteiger partial charge in [0.1, 0.15) is 5.60 Å². The number of rotatable bonds is 0. The van der Waals surface area contributed by atoms with E-state index in [1.165, 1.54) is 0 Å². The van der Waals surface area contributed by atoms with Crippen LogP contribution in [0, 0.1) is 11.8 Å². The van der Waals surface area contributed by atoms with Gasteiger partial charge in [0.2, 0.25) is 0 Å². The fourth-order valence-corrected chi connectivity index (χ4v) is 4.10. The van der Waals surface area contributed by atoms with E-state index >= 15 is 0 Å². The van der Waals surface area contributed by atoms with Crippen molar-refractivity contribution in [3.05, 3.63) is 24.3 Å². The molecule has 0 aromatic heterocycles. The second kappa shape index (κ2) is 3.93. The summed E-state index contributed by atoms with van der Waals surface area (Å²) in [6, 6.07) is 0. The van der Waals surface area contributed by atoms with Crippen molar-refractivity contribution in [1.82, 2.24) is 0 Å². The van der Waals surface area contributed by atoms with Gasteiger partial charge in [-0.25, -0.2) is 4.79 Å². The first-order valence-electron chi connectivity index (χ1n) is 6.82. The lowest BCUT2D eigenvalue weighted by Gasteiger charge is -2.38. The summed E-state index contributed by atoms with van der Waals surface area (Å²) < 4.78 is 5.60. The lowest BCUT2D eigenvalue weighted by atomic mass is 9.73. The highest BCUT2D eigenvalue weighted by Crippen LogP contribution is 2.53. The molecule has 0 radical (unpaired) electrons. The Morgan fingerprint density at radius 2 is 2.21 bits per heavy atom. The number of fused-ring (bicyclic) bond motifs is 2. The first-order chi connectivity index (χ1) is 8.84. The van der Waals surface area contributed by atoms with Crippen molar-refractivity contribution >= 4 is 5.97 Å². The van der Waals surface area contributed by atoms with Crippen LogP contribution >= 0.6 is 0 Å². The molecule has 3 rings (SSSR count). The van der Waals surface area contributed by atoms with Gasteiger partial charge in [0.25, 0.3) is 0 Å². The molecule has 5 atom stereocenters. The van der Waals surface area contributed by atoms with Gasteiger partial charge in [-0.1, -0.05) is 18.7 Å². The molecule has 1 heterocycles. The van der Waals surface area contributed by atoms with Crippen LogP contribution in [0.3, 0.4) is 0 Å². The maximum absolute atomic E-state index is 11.7. The summed E-state index contributed by atoms with van der Waals surface area (Å²) >= 11 is 0. The van der Waals surface area contributed by atoms with Crippen LogP contribution in [-0.2, 0) is 9.53 Å². The maximum Gasteiger partial charge on any atom is 0.334 e. The van der Waals surface area contributed by atoms with E-state index in [9.17, 15) is 15.0 Å². The Morgan fingerprint density at radius 3 is 2.84 bits per heavy atom. The lowest BCUT2D eigenvalue weighted by Crippen LogP contribution is -2.44. The van der Waals surface area contributed by atoms with Gasteiger partial charge in [0.05, 0.1) is 11.7 Å². The molecule has 2 fully saturated rings. The van der Waals surface area contributed by atoms with E-state index in [4.69, 9.17) is 4.74 Å². The Bertz CT molecular complexity index is 447. The van der Waals surface area contributed by atoms with E-state index in [1.54, 1.807) is 6.92 Å². The number of carbonyl (C=O) groups is 1. The van der Waals surface area contributed by atoms with E-state index in [0.717, 1.165) is 6.42 Å². The van der Waals surface area contributed by atoms with E-state index in [-0.39, 0.29) is 17.8 Å². The molecule has 2 aliphatic carbocycles. The normalized spacial score (nSPS) is 49.3. The molecule has 0 aromatic rings. The third-order valence-electron chi connectivity index (χ3n) is 4.90. The molecular formula is C15H20O4. The number of esters is 1. The molecule has 0 unspecified atom stereocenters. The van der Waals surface area contributed by atoms with Gasteiger partial charge in [-0.05, 0) is 13.3 Å². The summed E-state index contributed by atoms with van der Waals surface area (Å²) in [5, 5.41) is 20.8. The van der Waals surface area contributed by atoms with Crippen molar-refractivity contribution in [2.75, 3.05) is 0 Å². The summed E-state index contributed by atoms with van der Waals surface area (Å²) in [6.07, 6.45) is 5.32. The van der Waals surface area contributed by atoms with Crippen LogP contribution in [0.4, 0.5) is 0 Å². The standard InChI is InChI=1S/C15H20O4/c1-9-6-15(19-13(9)17)8-10(16)7-14(2,18)11-4-3-5-12(11)15/h3,5,10-12,16,18H,1,4,6-8H2,2H3/t10-,11-,12-,14-,15-/m0/s1. The number of hydrogen-bond acceptors (Lipinski definition) is 4. The minimum absolute atomic E-state index is 0.0108. The van der Waals surface area contributed by atoms with Gasteiger partial charge in [-0.15, -0.1) is 0 Å². The molecule has 1 saturated carbocycles. The quantitative estimate of drug-likeness (QED) is 0.393. The number of aliphatic hydroxyl groups excluding tert-OH is 1. The summed E-state index contributed by atoms with van der Waals surface area (Å²) in [5.41, 5.74) is -1.19. The predicted octanol–water partition coefficient (Wildman–Crippen LogP) is 1.33. The molecule has 4 heteroatoms. The predicted molar refractivity (Wildman–Crippen MR) is 69.2 cm³/mol. The second-order valence-electron chi connectivity index (χ2n) is 6.45. The second-order valence-corrected chi connectivity index (χ2v) is 6.45. The summed E-state index contributed by atoms with van der Waals surface area (Å²) in [4.78, 5) is 11.7. The molecule has 3 aliphatic rings. The van der Waals surface area contributed by atoms with Crippen LogP contribution < -0.4 is 0 Å². The van der Waals surface area contributed by atoms with Crippen molar-refractivity contribution in [3.8, 4) is 0 Å². The smallest absolute Gasteiger partial charge is 0.334 e. The van der Waals surface area contributed by atoms with E-state index < -0.39 is 17.3 Å². The Hall–Kier alpha value is -1.13. The van der Waals surface area contributed by atoms with Crippen LogP contribution in [0.5, 0.6) is 0 Å². The summed E-state index contributed by atoms with van der Waals surface area (Å²) in [7, 11) is 0. The molecule has 1 aliphatic heterocycles. The van der Waals surface area contributed by atoms with Gasteiger partial charge in [0, 0.05) is 36.7 Å². The molecule has 1 spiro atoms. The lowest BCUT2D eigenvalue weighted by molar-refractivity contribution is -0.154. The molecule has 0 aromatic carbocycles. The third-order valence-corrected chi connectivity index (χ3v) is 4.90. The van der Waals surface area contributed by atoms with Gasteiger partial charge in [-0.2, -0.15) is 0 Å². The molecule has 4 nitrogen and oxygen atoms in total. The Kier molecular flexibility index (Phi) is 2.67. The monoisotopic (exact) mass is 264 g/mol. The highest BCUT2D eigenvalue weighted by atomic mass is 16.6. The van der Waals surface area contributed by atoms with Gasteiger partial charge < -0.3 is 14.9 Å². The zero-order valence-electron chi connectivity index (χ0n) is 11.1. The van der Waals surface area contributed by atoms with E-state index in [1.807, 2.05) is 12.2 Å². The van der Waals surface area contributed by atoms with Crippen molar-refractivity contribution in [3.63, 3.8) is 0 Å². The number of hydrogen-bond donors (Lipinski definition) is 2. The molecule has 0 amide bonds. The largest absolute Gasteiger partial charge is 0.455 e. The van der Waals surface area contributed by atoms with Crippen molar-refractivity contribution in [2.45, 2.75) is 49.9 Å². The molecule has 19 heavy (non-hydrogen) atoms. The fourth-order valence-electron chi connectivity index (χ4n) is 4.10. The first kappa shape index (κ1) is 12.9. The zero-order chi connectivity index (χ0) is 13.8. The van der Waals surface area contributed by atoms with Crippen molar-refractivity contribution < 1.29 is 19.7 Å². The van der Waals surface area contributed by atoms with Crippen molar-refractivity contribution in [1.29, 1.82) is 0 Å². The van der Waals surface area contributed by atoms with Gasteiger partial charge in [-0.3, -0.25) is 0 Å². The van der Waals surface area contributed by atoms with Crippen LogP contribution in [0.25, 0.3) is 0 Å².